The van der Waals surface area contributed by atoms with E-state index < -0.39 is 6.04 Å². The van der Waals surface area contributed by atoms with Gasteiger partial charge < -0.3 is 15.0 Å². The molecule has 2 heterocycles. The molecule has 2 aliphatic rings. The van der Waals surface area contributed by atoms with Crippen molar-refractivity contribution in [3.05, 3.63) is 64.9 Å². The molecule has 0 spiro atoms. The van der Waals surface area contributed by atoms with E-state index in [9.17, 15) is 14.0 Å². The van der Waals surface area contributed by atoms with Crippen LogP contribution in [0.1, 0.15) is 56.6 Å². The summed E-state index contributed by atoms with van der Waals surface area (Å²) in [5.74, 6) is -0.662. The number of tetrazole rings is 1. The van der Waals surface area contributed by atoms with Crippen LogP contribution in [0.4, 0.5) is 4.39 Å². The van der Waals surface area contributed by atoms with Gasteiger partial charge in [0, 0.05) is 29.8 Å². The molecule has 3 aromatic rings. The first-order valence-corrected chi connectivity index (χ1v) is 13.8. The molecule has 0 unspecified atom stereocenters. The minimum atomic E-state index is -0.874. The number of carbonyl (C=O) groups is 2. The lowest BCUT2D eigenvalue weighted by molar-refractivity contribution is -0.143. The molecule has 1 N–H and O–H groups in total. The lowest BCUT2D eigenvalue weighted by Gasteiger charge is -2.34. The number of amides is 2. The first-order chi connectivity index (χ1) is 19.0. The van der Waals surface area contributed by atoms with Crippen molar-refractivity contribution in [2.75, 3.05) is 13.2 Å². The van der Waals surface area contributed by atoms with Crippen LogP contribution < -0.4 is 5.32 Å². The number of rotatable bonds is 9. The van der Waals surface area contributed by atoms with Gasteiger partial charge in [-0.15, -0.1) is 10.2 Å². The maximum Gasteiger partial charge on any atom is 0.247 e. The average molecular weight is 555 g/mol. The molecule has 11 heteroatoms. The number of halogens is 2. The molecule has 1 aliphatic heterocycles. The van der Waals surface area contributed by atoms with Crippen molar-refractivity contribution in [1.29, 1.82) is 0 Å². The fourth-order valence-corrected chi connectivity index (χ4v) is 5.37. The number of benzene rings is 2. The van der Waals surface area contributed by atoms with E-state index >= 15 is 0 Å². The Morgan fingerprint density at radius 2 is 1.79 bits per heavy atom. The van der Waals surface area contributed by atoms with E-state index in [1.165, 1.54) is 23.4 Å². The van der Waals surface area contributed by atoms with Gasteiger partial charge >= 0.3 is 0 Å². The normalized spacial score (nSPS) is 18.6. The zero-order valence-corrected chi connectivity index (χ0v) is 22.4. The maximum atomic E-state index is 13.9. The van der Waals surface area contributed by atoms with Gasteiger partial charge in [-0.2, -0.15) is 4.80 Å². The summed E-state index contributed by atoms with van der Waals surface area (Å²) >= 11 is 6.15. The molecule has 1 aliphatic carbocycles. The molecule has 39 heavy (non-hydrogen) atoms. The van der Waals surface area contributed by atoms with Crippen molar-refractivity contribution in [3.8, 4) is 11.4 Å². The lowest BCUT2D eigenvalue weighted by atomic mass is 9.94. The van der Waals surface area contributed by atoms with Crippen LogP contribution in [-0.2, 0) is 20.9 Å². The molecule has 5 rings (SSSR count). The van der Waals surface area contributed by atoms with Crippen molar-refractivity contribution in [2.45, 2.75) is 69.7 Å². The molecule has 2 aromatic carbocycles. The van der Waals surface area contributed by atoms with Gasteiger partial charge in [0.2, 0.25) is 17.6 Å². The Kier molecular flexibility index (Phi) is 8.83. The summed E-state index contributed by atoms with van der Waals surface area (Å²) in [7, 11) is 0. The zero-order valence-electron chi connectivity index (χ0n) is 21.6. The smallest absolute Gasteiger partial charge is 0.247 e. The molecule has 2 amide bonds. The van der Waals surface area contributed by atoms with Crippen molar-refractivity contribution < 1.29 is 18.7 Å². The molecule has 206 valence electrons. The van der Waals surface area contributed by atoms with Gasteiger partial charge in [0.25, 0.3) is 0 Å². The molecule has 1 saturated heterocycles. The third kappa shape index (κ3) is 6.99. The summed E-state index contributed by atoms with van der Waals surface area (Å²) in [4.78, 5) is 30.4. The van der Waals surface area contributed by atoms with Crippen LogP contribution in [0.2, 0.25) is 5.02 Å². The van der Waals surface area contributed by atoms with Gasteiger partial charge in [0.05, 0.1) is 6.10 Å². The van der Waals surface area contributed by atoms with Crippen molar-refractivity contribution >= 4 is 23.4 Å². The molecular weight excluding hydrogens is 523 g/mol. The molecule has 1 aromatic heterocycles. The summed E-state index contributed by atoms with van der Waals surface area (Å²) in [6.45, 7) is 0.656. The number of hydrogen-bond acceptors (Lipinski definition) is 6. The van der Waals surface area contributed by atoms with E-state index in [1.807, 2.05) is 0 Å². The van der Waals surface area contributed by atoms with Gasteiger partial charge in [-0.3, -0.25) is 9.59 Å². The summed E-state index contributed by atoms with van der Waals surface area (Å²) in [6, 6.07) is 11.9. The van der Waals surface area contributed by atoms with Gasteiger partial charge in [-0.25, -0.2) is 4.39 Å². The highest BCUT2D eigenvalue weighted by molar-refractivity contribution is 6.30. The Morgan fingerprint density at radius 3 is 2.49 bits per heavy atom. The Hall–Kier alpha value is -3.37. The Balaban J connectivity index is 1.41. The number of carbonyl (C=O) groups excluding carboxylic acids is 2. The highest BCUT2D eigenvalue weighted by Gasteiger charge is 2.35. The molecule has 0 radical (unpaired) electrons. The van der Waals surface area contributed by atoms with E-state index in [0.29, 0.717) is 22.8 Å². The van der Waals surface area contributed by atoms with Crippen LogP contribution in [0.25, 0.3) is 11.4 Å². The molecule has 2 atom stereocenters. The van der Waals surface area contributed by atoms with Crippen LogP contribution in [-0.4, -0.2) is 62.2 Å². The van der Waals surface area contributed by atoms with Gasteiger partial charge in [0.15, 0.2) is 0 Å². The standard InChI is InChI=1S/C28H32ClFN6O3/c29-21-12-8-19(9-13-21)26(28(38)31-23-5-2-1-3-6-23)35(17-24-7-4-16-39-24)25(37)18-36-33-27(32-34-36)20-10-14-22(30)15-11-20/h8-15,23-24,26H,1-7,16-18H2,(H,31,38)/t24-,26-/m0/s1. The predicted octanol–water partition coefficient (Wildman–Crippen LogP) is 4.33. The molecule has 9 nitrogen and oxygen atoms in total. The van der Waals surface area contributed by atoms with Crippen LogP contribution in [0.5, 0.6) is 0 Å². The third-order valence-electron chi connectivity index (χ3n) is 7.27. The second-order valence-corrected chi connectivity index (χ2v) is 10.6. The van der Waals surface area contributed by atoms with E-state index in [4.69, 9.17) is 16.3 Å². The SMILES string of the molecule is O=C(NC1CCCCC1)[C@H](c1ccc(Cl)cc1)N(C[C@@H]1CCCO1)C(=O)Cn1nnc(-c2ccc(F)cc2)n1. The molecule has 1 saturated carbocycles. The highest BCUT2D eigenvalue weighted by Crippen LogP contribution is 2.27. The number of hydrogen-bond donors (Lipinski definition) is 1. The summed E-state index contributed by atoms with van der Waals surface area (Å²) < 4.78 is 19.2. The lowest BCUT2D eigenvalue weighted by Crippen LogP contribution is -2.50. The summed E-state index contributed by atoms with van der Waals surface area (Å²) in [5.41, 5.74) is 1.25. The topological polar surface area (TPSA) is 102 Å². The first-order valence-electron chi connectivity index (χ1n) is 13.5. The number of nitrogens with zero attached hydrogens (tertiary/aromatic N) is 5. The number of nitrogens with one attached hydrogen (secondary N) is 1. The van der Waals surface area contributed by atoms with Crippen LogP contribution in [0.3, 0.4) is 0 Å². The summed E-state index contributed by atoms with van der Waals surface area (Å²) in [5, 5.41) is 16.1. The van der Waals surface area contributed by atoms with E-state index in [1.54, 1.807) is 41.3 Å². The van der Waals surface area contributed by atoms with E-state index in [0.717, 1.165) is 38.5 Å². The van der Waals surface area contributed by atoms with Crippen LogP contribution in [0, 0.1) is 5.82 Å². The molecule has 2 fully saturated rings. The largest absolute Gasteiger partial charge is 0.376 e. The first kappa shape index (κ1) is 27.2. The fourth-order valence-electron chi connectivity index (χ4n) is 5.24. The molecular formula is C28H32ClFN6O3. The van der Waals surface area contributed by atoms with Crippen LogP contribution >= 0.6 is 11.6 Å². The second-order valence-electron chi connectivity index (χ2n) is 10.1. The highest BCUT2D eigenvalue weighted by atomic mass is 35.5. The quantitative estimate of drug-likeness (QED) is 0.422. The predicted molar refractivity (Wildman–Crippen MR) is 143 cm³/mol. The van der Waals surface area contributed by atoms with Crippen molar-refractivity contribution in [1.82, 2.24) is 30.4 Å². The monoisotopic (exact) mass is 554 g/mol. The van der Waals surface area contributed by atoms with E-state index in [-0.39, 0.29) is 48.7 Å². The Labute approximate surface area is 231 Å². The zero-order chi connectivity index (χ0) is 27.2. The Bertz CT molecular complexity index is 1260. The number of ether oxygens (including phenoxy) is 1. The second kappa shape index (κ2) is 12.7. The fraction of sp³-hybridized carbons (Fsp3) is 0.464. The van der Waals surface area contributed by atoms with Crippen LogP contribution in [0.15, 0.2) is 48.5 Å². The third-order valence-corrected chi connectivity index (χ3v) is 7.53. The maximum absolute atomic E-state index is 13.9. The minimum Gasteiger partial charge on any atom is -0.376 e. The summed E-state index contributed by atoms with van der Waals surface area (Å²) in [6.07, 6.45) is 6.69. The Morgan fingerprint density at radius 1 is 1.05 bits per heavy atom. The van der Waals surface area contributed by atoms with Crippen molar-refractivity contribution in [3.63, 3.8) is 0 Å². The number of aromatic nitrogens is 4. The van der Waals surface area contributed by atoms with Gasteiger partial charge in [0.1, 0.15) is 18.4 Å². The minimum absolute atomic E-state index is 0.0796. The van der Waals surface area contributed by atoms with Crippen molar-refractivity contribution in [2.24, 2.45) is 0 Å². The van der Waals surface area contributed by atoms with Gasteiger partial charge in [-0.1, -0.05) is 43.0 Å². The van der Waals surface area contributed by atoms with E-state index in [2.05, 4.69) is 20.7 Å². The van der Waals surface area contributed by atoms with Gasteiger partial charge in [-0.05, 0) is 72.9 Å². The molecule has 0 bridgehead atoms. The average Bonchev–Trinajstić information content (AvgIpc) is 3.63.